The first-order valence-electron chi connectivity index (χ1n) is 9.72. The van der Waals surface area contributed by atoms with Gasteiger partial charge in [0.25, 0.3) is 5.91 Å². The van der Waals surface area contributed by atoms with E-state index in [2.05, 4.69) is 15.5 Å². The molecule has 2 bridgehead atoms. The molecule has 5 nitrogen and oxygen atoms in total. The Morgan fingerprint density at radius 3 is 2.44 bits per heavy atom. The Labute approximate surface area is 158 Å². The molecule has 0 spiro atoms. The number of para-hydroxylation sites is 1. The van der Waals surface area contributed by atoms with Crippen molar-refractivity contribution in [3.8, 4) is 0 Å². The number of benzene rings is 2. The zero-order valence-electron chi connectivity index (χ0n) is 15.2. The molecule has 2 N–H and O–H groups in total. The van der Waals surface area contributed by atoms with E-state index in [1.807, 2.05) is 42.5 Å². The van der Waals surface area contributed by atoms with Crippen molar-refractivity contribution in [1.82, 2.24) is 10.2 Å². The summed E-state index contributed by atoms with van der Waals surface area (Å²) in [5.41, 5.74) is 2.92. The largest absolute Gasteiger partial charge is 0.351 e. The highest BCUT2D eigenvalue weighted by atomic mass is 16.2. The Morgan fingerprint density at radius 1 is 1.00 bits per heavy atom. The van der Waals surface area contributed by atoms with Gasteiger partial charge in [0.1, 0.15) is 0 Å². The van der Waals surface area contributed by atoms with Gasteiger partial charge in [-0.25, -0.2) is 0 Å². The summed E-state index contributed by atoms with van der Waals surface area (Å²) in [6.07, 6.45) is 2.31. The maximum absolute atomic E-state index is 13.5. The van der Waals surface area contributed by atoms with Crippen molar-refractivity contribution in [3.63, 3.8) is 0 Å². The third kappa shape index (κ3) is 2.82. The number of nitrogens with one attached hydrogen (secondary N) is 2. The Bertz CT molecular complexity index is 902. The zero-order chi connectivity index (χ0) is 18.4. The minimum Gasteiger partial charge on any atom is -0.351 e. The van der Waals surface area contributed by atoms with E-state index in [1.54, 1.807) is 6.07 Å². The van der Waals surface area contributed by atoms with Crippen LogP contribution in [0.5, 0.6) is 0 Å². The Balaban J connectivity index is 1.53. The van der Waals surface area contributed by atoms with E-state index in [9.17, 15) is 9.59 Å². The van der Waals surface area contributed by atoms with Gasteiger partial charge in [-0.3, -0.25) is 9.59 Å². The van der Waals surface area contributed by atoms with Gasteiger partial charge in [-0.15, -0.1) is 0 Å². The maximum atomic E-state index is 13.5. The standard InChI is InChI=1S/C22H23N3O2/c26-21-16-6-2-1-5-15(16)20(17-7-3-4-8-18(17)23-21)22(27)24-19-13-25-11-9-14(19)10-12-25/h1-8,14,19-20H,9-13H2,(H,23,26)(H,24,27)/t19-,20-/m1/s1. The predicted octanol–water partition coefficient (Wildman–Crippen LogP) is 2.59. The molecular formula is C22H23N3O2. The van der Waals surface area contributed by atoms with Crippen LogP contribution in [0.15, 0.2) is 48.5 Å². The minimum atomic E-state index is -0.480. The molecule has 4 aliphatic heterocycles. The number of nitrogens with zero attached hydrogens (tertiary/aromatic N) is 1. The fourth-order valence-electron chi connectivity index (χ4n) is 4.85. The highest BCUT2D eigenvalue weighted by molar-refractivity contribution is 6.09. The van der Waals surface area contributed by atoms with Crippen LogP contribution in [0.3, 0.4) is 0 Å². The summed E-state index contributed by atoms with van der Waals surface area (Å²) < 4.78 is 0. The van der Waals surface area contributed by atoms with Gasteiger partial charge >= 0.3 is 0 Å². The number of anilines is 1. The van der Waals surface area contributed by atoms with Crippen LogP contribution in [-0.2, 0) is 4.79 Å². The summed E-state index contributed by atoms with van der Waals surface area (Å²) in [5, 5.41) is 6.29. The molecule has 6 rings (SSSR count). The lowest BCUT2D eigenvalue weighted by atomic mass is 9.82. The molecule has 4 aliphatic rings. The topological polar surface area (TPSA) is 61.4 Å². The lowest BCUT2D eigenvalue weighted by Gasteiger charge is -2.45. The van der Waals surface area contributed by atoms with E-state index in [0.29, 0.717) is 17.2 Å². The molecule has 0 unspecified atom stereocenters. The van der Waals surface area contributed by atoms with Crippen LogP contribution in [0.4, 0.5) is 5.69 Å². The zero-order valence-corrected chi connectivity index (χ0v) is 15.2. The summed E-state index contributed by atoms with van der Waals surface area (Å²) in [6.45, 7) is 3.22. The van der Waals surface area contributed by atoms with E-state index in [1.165, 1.54) is 0 Å². The summed E-state index contributed by atoms with van der Waals surface area (Å²) in [7, 11) is 0. The minimum absolute atomic E-state index is 0.00912. The van der Waals surface area contributed by atoms with Gasteiger partial charge in [-0.05, 0) is 55.1 Å². The van der Waals surface area contributed by atoms with Gasteiger partial charge in [-0.2, -0.15) is 0 Å². The van der Waals surface area contributed by atoms with Crippen molar-refractivity contribution >= 4 is 17.5 Å². The molecule has 5 heteroatoms. The van der Waals surface area contributed by atoms with Crippen LogP contribution in [0.2, 0.25) is 0 Å². The quantitative estimate of drug-likeness (QED) is 0.864. The van der Waals surface area contributed by atoms with Crippen molar-refractivity contribution in [3.05, 3.63) is 65.2 Å². The van der Waals surface area contributed by atoms with Crippen LogP contribution in [-0.4, -0.2) is 42.4 Å². The molecular weight excluding hydrogens is 338 g/mol. The third-order valence-electron chi connectivity index (χ3n) is 6.28. The number of carbonyl (C=O) groups is 2. The number of hydrogen-bond acceptors (Lipinski definition) is 3. The normalized spacial score (nSPS) is 28.5. The van der Waals surface area contributed by atoms with Crippen molar-refractivity contribution in [2.24, 2.45) is 5.92 Å². The van der Waals surface area contributed by atoms with Crippen molar-refractivity contribution in [2.75, 3.05) is 25.0 Å². The number of carbonyl (C=O) groups excluding carboxylic acids is 2. The Morgan fingerprint density at radius 2 is 1.70 bits per heavy atom. The fraction of sp³-hybridized carbons (Fsp3) is 0.364. The van der Waals surface area contributed by atoms with Crippen LogP contribution < -0.4 is 10.6 Å². The second kappa shape index (κ2) is 6.50. The molecule has 138 valence electrons. The van der Waals surface area contributed by atoms with E-state index in [-0.39, 0.29) is 17.9 Å². The van der Waals surface area contributed by atoms with Gasteiger partial charge < -0.3 is 15.5 Å². The highest BCUT2D eigenvalue weighted by Crippen LogP contribution is 2.36. The molecule has 2 aromatic carbocycles. The second-order valence-corrected chi connectivity index (χ2v) is 7.81. The van der Waals surface area contributed by atoms with Crippen LogP contribution >= 0.6 is 0 Å². The highest BCUT2D eigenvalue weighted by Gasteiger charge is 2.38. The molecule has 3 fully saturated rings. The van der Waals surface area contributed by atoms with Gasteiger partial charge in [0.2, 0.25) is 5.91 Å². The molecule has 0 aliphatic carbocycles. The molecule has 2 aromatic rings. The van der Waals surface area contributed by atoms with Gasteiger partial charge in [-0.1, -0.05) is 36.4 Å². The van der Waals surface area contributed by atoms with E-state index >= 15 is 0 Å². The lowest BCUT2D eigenvalue weighted by molar-refractivity contribution is -0.123. The summed E-state index contributed by atoms with van der Waals surface area (Å²) in [5.74, 6) is -0.0805. The van der Waals surface area contributed by atoms with Crippen LogP contribution in [0, 0.1) is 5.92 Å². The molecule has 3 saturated heterocycles. The molecule has 0 radical (unpaired) electrons. The first-order chi connectivity index (χ1) is 13.2. The first kappa shape index (κ1) is 16.5. The molecule has 4 heterocycles. The summed E-state index contributed by atoms with van der Waals surface area (Å²) in [4.78, 5) is 28.6. The van der Waals surface area contributed by atoms with Crippen molar-refractivity contribution < 1.29 is 9.59 Å². The van der Waals surface area contributed by atoms with Gasteiger partial charge in [0, 0.05) is 23.8 Å². The number of fused-ring (bicyclic) bond motifs is 5. The van der Waals surface area contributed by atoms with Crippen LogP contribution in [0.1, 0.15) is 40.2 Å². The second-order valence-electron chi connectivity index (χ2n) is 7.81. The Hall–Kier alpha value is -2.66. The van der Waals surface area contributed by atoms with Crippen LogP contribution in [0.25, 0.3) is 0 Å². The number of piperidine rings is 3. The van der Waals surface area contributed by atoms with Gasteiger partial charge in [0.15, 0.2) is 0 Å². The summed E-state index contributed by atoms with van der Waals surface area (Å²) >= 11 is 0. The first-order valence-corrected chi connectivity index (χ1v) is 9.72. The Kier molecular flexibility index (Phi) is 3.97. The molecule has 27 heavy (non-hydrogen) atoms. The van der Waals surface area contributed by atoms with Crippen molar-refractivity contribution in [2.45, 2.75) is 24.8 Å². The molecule has 0 saturated carbocycles. The monoisotopic (exact) mass is 361 g/mol. The SMILES string of the molecule is O=C1Nc2ccccc2[C@H](C(=O)N[C@@H]2CN3CCC2CC3)c2ccccc21. The third-order valence-corrected chi connectivity index (χ3v) is 6.28. The van der Waals surface area contributed by atoms with E-state index in [4.69, 9.17) is 0 Å². The average Bonchev–Trinajstić information content (AvgIpc) is 2.83. The van der Waals surface area contributed by atoms with E-state index in [0.717, 1.165) is 43.6 Å². The lowest BCUT2D eigenvalue weighted by Crippen LogP contribution is -2.57. The number of amides is 2. The number of hydrogen-bond donors (Lipinski definition) is 2. The average molecular weight is 361 g/mol. The molecule has 2 atom stereocenters. The fourth-order valence-corrected chi connectivity index (χ4v) is 4.85. The van der Waals surface area contributed by atoms with Crippen molar-refractivity contribution in [1.29, 1.82) is 0 Å². The number of rotatable bonds is 2. The van der Waals surface area contributed by atoms with E-state index < -0.39 is 5.92 Å². The van der Waals surface area contributed by atoms with Gasteiger partial charge in [0.05, 0.1) is 5.92 Å². The smallest absolute Gasteiger partial charge is 0.255 e. The predicted molar refractivity (Wildman–Crippen MR) is 104 cm³/mol. The summed E-state index contributed by atoms with van der Waals surface area (Å²) in [6, 6.07) is 15.3. The maximum Gasteiger partial charge on any atom is 0.255 e. The molecule has 0 aromatic heterocycles. The molecule has 2 amide bonds.